The second-order valence-electron chi connectivity index (χ2n) is 8.25. The molecule has 146 valence electrons. The molecule has 0 radical (unpaired) electrons. The van der Waals surface area contributed by atoms with Gasteiger partial charge in [0.05, 0.1) is 12.0 Å². The third-order valence-electron chi connectivity index (χ3n) is 6.27. The highest BCUT2D eigenvalue weighted by atomic mass is 16.4. The summed E-state index contributed by atoms with van der Waals surface area (Å²) in [5.74, 6) is 0.323. The summed E-state index contributed by atoms with van der Waals surface area (Å²) in [7, 11) is 0. The van der Waals surface area contributed by atoms with Crippen LogP contribution in [0.2, 0.25) is 0 Å². The van der Waals surface area contributed by atoms with Gasteiger partial charge in [0.1, 0.15) is 0 Å². The molecule has 2 fully saturated rings. The van der Waals surface area contributed by atoms with Crippen LogP contribution in [0, 0.1) is 11.3 Å². The lowest BCUT2D eigenvalue weighted by Gasteiger charge is -2.38. The molecule has 4 heteroatoms. The minimum atomic E-state index is -0.708. The summed E-state index contributed by atoms with van der Waals surface area (Å²) in [5, 5.41) is 9.88. The summed E-state index contributed by atoms with van der Waals surface area (Å²) < 4.78 is 0. The van der Waals surface area contributed by atoms with E-state index in [-0.39, 0.29) is 0 Å². The Morgan fingerprint density at radius 1 is 1.07 bits per heavy atom. The molecule has 28 heavy (non-hydrogen) atoms. The zero-order chi connectivity index (χ0) is 19.4. The maximum absolute atomic E-state index is 12.0. The molecule has 2 aliphatic rings. The van der Waals surface area contributed by atoms with Crippen molar-refractivity contribution >= 4 is 12.2 Å². The topological polar surface area (TPSA) is 52.9 Å². The molecule has 1 saturated heterocycles. The van der Waals surface area contributed by atoms with Gasteiger partial charge in [0.15, 0.2) is 0 Å². The molecule has 0 aromatic heterocycles. The summed E-state index contributed by atoms with van der Waals surface area (Å²) in [6.07, 6.45) is 4.47. The van der Waals surface area contributed by atoms with E-state index in [0.717, 1.165) is 26.1 Å². The van der Waals surface area contributed by atoms with Gasteiger partial charge in [0.25, 0.3) is 0 Å². The summed E-state index contributed by atoms with van der Waals surface area (Å²) in [5.41, 5.74) is 1.94. The number of rotatable bonds is 7. The molecule has 0 bridgehead atoms. The number of carboxylic acid groups (broad SMARTS) is 1. The van der Waals surface area contributed by atoms with Crippen LogP contribution in [0.25, 0.3) is 0 Å². The molecule has 1 aliphatic carbocycles. The maximum atomic E-state index is 12.0. The Bertz CT molecular complexity index is 811. The van der Waals surface area contributed by atoms with Crippen molar-refractivity contribution in [1.29, 1.82) is 0 Å². The van der Waals surface area contributed by atoms with Crippen LogP contribution in [-0.2, 0) is 11.3 Å². The summed E-state index contributed by atoms with van der Waals surface area (Å²) in [6, 6.07) is 20.9. The smallest absolute Gasteiger partial charge is 0.311 e. The zero-order valence-electron chi connectivity index (χ0n) is 16.2. The standard InChI is InChI=1S/C24H28N2O2/c27-23(28)24(11-13-26(14-12-24)17-19-7-3-1-4-8-19)18-25-16-21-15-22(21)20-9-5-2-6-10-20/h1-10,16,21-22H,11-15,17-18H2,(H,27,28)/b25-16+/t21?,22-/m1/s1. The molecule has 0 amide bonds. The molecule has 2 aromatic carbocycles. The van der Waals surface area contributed by atoms with E-state index in [2.05, 4.69) is 58.4 Å². The van der Waals surface area contributed by atoms with Gasteiger partial charge in [-0.25, -0.2) is 0 Å². The Morgan fingerprint density at radius 2 is 1.71 bits per heavy atom. The van der Waals surface area contributed by atoms with Crippen LogP contribution < -0.4 is 0 Å². The number of nitrogens with zero attached hydrogens (tertiary/aromatic N) is 2. The van der Waals surface area contributed by atoms with Gasteiger partial charge < -0.3 is 5.11 Å². The lowest BCUT2D eigenvalue weighted by molar-refractivity contribution is -0.151. The highest BCUT2D eigenvalue weighted by Crippen LogP contribution is 2.46. The largest absolute Gasteiger partial charge is 0.481 e. The van der Waals surface area contributed by atoms with Crippen molar-refractivity contribution in [1.82, 2.24) is 4.90 Å². The van der Waals surface area contributed by atoms with E-state index in [1.165, 1.54) is 11.1 Å². The maximum Gasteiger partial charge on any atom is 0.311 e. The van der Waals surface area contributed by atoms with Crippen molar-refractivity contribution in [2.45, 2.75) is 31.7 Å². The molecule has 1 saturated carbocycles. The monoisotopic (exact) mass is 376 g/mol. The first-order chi connectivity index (χ1) is 13.7. The molecule has 1 unspecified atom stereocenters. The van der Waals surface area contributed by atoms with Crippen LogP contribution in [0.1, 0.15) is 36.3 Å². The minimum absolute atomic E-state index is 0.402. The van der Waals surface area contributed by atoms with Gasteiger partial charge >= 0.3 is 5.97 Å². The third-order valence-corrected chi connectivity index (χ3v) is 6.27. The van der Waals surface area contributed by atoms with Gasteiger partial charge in [-0.05, 0) is 49.4 Å². The summed E-state index contributed by atoms with van der Waals surface area (Å²) in [4.78, 5) is 19.0. The first kappa shape index (κ1) is 18.9. The predicted molar refractivity (Wildman–Crippen MR) is 112 cm³/mol. The first-order valence-electron chi connectivity index (χ1n) is 10.2. The van der Waals surface area contributed by atoms with E-state index in [4.69, 9.17) is 0 Å². The molecule has 1 heterocycles. The molecule has 4 rings (SSSR count). The molecule has 2 atom stereocenters. The van der Waals surface area contributed by atoms with E-state index in [9.17, 15) is 9.90 Å². The number of likely N-dealkylation sites (tertiary alicyclic amines) is 1. The second-order valence-corrected chi connectivity index (χ2v) is 8.25. The Morgan fingerprint density at radius 3 is 2.36 bits per heavy atom. The highest BCUT2D eigenvalue weighted by Gasteiger charge is 2.42. The minimum Gasteiger partial charge on any atom is -0.481 e. The van der Waals surface area contributed by atoms with E-state index < -0.39 is 11.4 Å². The highest BCUT2D eigenvalue weighted by molar-refractivity contribution is 5.76. The van der Waals surface area contributed by atoms with Gasteiger partial charge in [-0.1, -0.05) is 60.7 Å². The number of aliphatic imine (C=N–C) groups is 1. The van der Waals surface area contributed by atoms with E-state index in [0.29, 0.717) is 31.2 Å². The van der Waals surface area contributed by atoms with Crippen LogP contribution in [0.3, 0.4) is 0 Å². The van der Waals surface area contributed by atoms with Crippen molar-refractivity contribution in [3.63, 3.8) is 0 Å². The Hall–Kier alpha value is -2.46. The summed E-state index contributed by atoms with van der Waals surface area (Å²) >= 11 is 0. The fourth-order valence-electron chi connectivity index (χ4n) is 4.25. The molecule has 1 N–H and O–H groups in total. The van der Waals surface area contributed by atoms with Crippen LogP contribution in [-0.4, -0.2) is 41.8 Å². The number of carboxylic acids is 1. The van der Waals surface area contributed by atoms with Gasteiger partial charge in [-0.3, -0.25) is 14.7 Å². The molecular formula is C24H28N2O2. The Labute approximate surface area is 166 Å². The van der Waals surface area contributed by atoms with Crippen molar-refractivity contribution in [2.75, 3.05) is 19.6 Å². The lowest BCUT2D eigenvalue weighted by atomic mass is 9.78. The van der Waals surface area contributed by atoms with Gasteiger partial charge in [0, 0.05) is 18.7 Å². The van der Waals surface area contributed by atoms with Crippen molar-refractivity contribution < 1.29 is 9.90 Å². The number of hydrogen-bond acceptors (Lipinski definition) is 3. The zero-order valence-corrected chi connectivity index (χ0v) is 16.2. The number of aliphatic carboxylic acids is 1. The van der Waals surface area contributed by atoms with Crippen molar-refractivity contribution in [3.05, 3.63) is 71.8 Å². The molecular weight excluding hydrogens is 348 g/mol. The molecule has 2 aromatic rings. The average Bonchev–Trinajstić information content (AvgIpc) is 3.50. The Kier molecular flexibility index (Phi) is 5.58. The number of hydrogen-bond donors (Lipinski definition) is 1. The molecule has 0 spiro atoms. The number of benzene rings is 2. The fourth-order valence-corrected chi connectivity index (χ4v) is 4.25. The van der Waals surface area contributed by atoms with E-state index in [1.54, 1.807) is 0 Å². The third kappa shape index (κ3) is 4.33. The van der Waals surface area contributed by atoms with Crippen LogP contribution in [0.4, 0.5) is 0 Å². The fraction of sp³-hybridized carbons (Fsp3) is 0.417. The van der Waals surface area contributed by atoms with Gasteiger partial charge in [-0.15, -0.1) is 0 Å². The van der Waals surface area contributed by atoms with Crippen molar-refractivity contribution in [2.24, 2.45) is 16.3 Å². The van der Waals surface area contributed by atoms with Crippen LogP contribution in [0.15, 0.2) is 65.7 Å². The van der Waals surface area contributed by atoms with E-state index >= 15 is 0 Å². The SMILES string of the molecule is O=C(O)C1(C/N=C/C2C[C@@H]2c2ccccc2)CCN(Cc2ccccc2)CC1. The number of piperidine rings is 1. The number of carbonyl (C=O) groups is 1. The van der Waals surface area contributed by atoms with Crippen molar-refractivity contribution in [3.8, 4) is 0 Å². The molecule has 4 nitrogen and oxygen atoms in total. The summed E-state index contributed by atoms with van der Waals surface area (Å²) in [6.45, 7) is 2.92. The van der Waals surface area contributed by atoms with Gasteiger partial charge in [0.2, 0.25) is 0 Å². The second kappa shape index (κ2) is 8.27. The normalized spacial score (nSPS) is 24.3. The lowest BCUT2D eigenvalue weighted by Crippen LogP contribution is -2.45. The Balaban J connectivity index is 1.30. The van der Waals surface area contributed by atoms with Crippen LogP contribution >= 0.6 is 0 Å². The van der Waals surface area contributed by atoms with E-state index in [1.807, 2.05) is 18.3 Å². The predicted octanol–water partition coefficient (Wildman–Crippen LogP) is 4.23. The van der Waals surface area contributed by atoms with Crippen LogP contribution in [0.5, 0.6) is 0 Å². The average molecular weight is 377 g/mol. The quantitative estimate of drug-likeness (QED) is 0.736. The molecule has 1 aliphatic heterocycles. The first-order valence-corrected chi connectivity index (χ1v) is 10.2. The van der Waals surface area contributed by atoms with Gasteiger partial charge in [-0.2, -0.15) is 0 Å².